The van der Waals surface area contributed by atoms with Crippen LogP contribution in [-0.2, 0) is 9.47 Å². The number of aromatic nitrogens is 1. The van der Waals surface area contributed by atoms with Gasteiger partial charge in [-0.1, -0.05) is 0 Å². The topological polar surface area (TPSA) is 74.4 Å². The molecule has 0 aliphatic carbocycles. The molecule has 17 heavy (non-hydrogen) atoms. The number of nitrogens with two attached hydrogens (primary N) is 1. The summed E-state index contributed by atoms with van der Waals surface area (Å²) in [6, 6.07) is 1.57. The van der Waals surface area contributed by atoms with E-state index in [-0.39, 0.29) is 5.97 Å². The van der Waals surface area contributed by atoms with Gasteiger partial charge in [0.25, 0.3) is 0 Å². The smallest absolute Gasteiger partial charge is 0.340 e. The molecular formula is C12H16N2O3. The number of nitrogens with zero attached hydrogens (tertiary/aromatic N) is 1. The molecular weight excluding hydrogens is 220 g/mol. The molecule has 1 saturated heterocycles. The summed E-state index contributed by atoms with van der Waals surface area (Å²) in [6.45, 7) is 1.93. The maximum Gasteiger partial charge on any atom is 0.340 e. The van der Waals surface area contributed by atoms with Gasteiger partial charge in [-0.3, -0.25) is 4.98 Å². The van der Waals surface area contributed by atoms with Gasteiger partial charge in [-0.15, -0.1) is 0 Å². The van der Waals surface area contributed by atoms with E-state index in [9.17, 15) is 4.79 Å². The van der Waals surface area contributed by atoms with Crippen molar-refractivity contribution in [3.8, 4) is 0 Å². The molecule has 0 unspecified atom stereocenters. The van der Waals surface area contributed by atoms with Gasteiger partial charge in [0.15, 0.2) is 0 Å². The SMILES string of the molecule is Nc1cnccc1C(=O)OCC1CCOCC1. The molecule has 2 N–H and O–H groups in total. The Morgan fingerprint density at radius 1 is 1.53 bits per heavy atom. The van der Waals surface area contributed by atoms with Crippen LogP contribution in [0.2, 0.25) is 0 Å². The Hall–Kier alpha value is -1.62. The Morgan fingerprint density at radius 2 is 2.29 bits per heavy atom. The second kappa shape index (κ2) is 5.63. The van der Waals surface area contributed by atoms with Gasteiger partial charge < -0.3 is 15.2 Å². The third-order valence-corrected chi connectivity index (χ3v) is 2.86. The third-order valence-electron chi connectivity index (χ3n) is 2.86. The first-order chi connectivity index (χ1) is 8.27. The van der Waals surface area contributed by atoms with Crippen molar-refractivity contribution in [1.82, 2.24) is 4.98 Å². The number of nitrogen functional groups attached to an aromatic ring is 1. The number of esters is 1. The molecule has 92 valence electrons. The monoisotopic (exact) mass is 236 g/mol. The zero-order valence-electron chi connectivity index (χ0n) is 9.59. The van der Waals surface area contributed by atoms with Crippen LogP contribution in [-0.4, -0.2) is 30.8 Å². The zero-order chi connectivity index (χ0) is 12.1. The third kappa shape index (κ3) is 3.17. The lowest BCUT2D eigenvalue weighted by atomic mass is 10.0. The Bertz CT molecular complexity index is 389. The second-order valence-corrected chi connectivity index (χ2v) is 4.12. The summed E-state index contributed by atoms with van der Waals surface area (Å²) in [4.78, 5) is 15.6. The summed E-state index contributed by atoms with van der Waals surface area (Å²) in [5.74, 6) is 0.0205. The summed E-state index contributed by atoms with van der Waals surface area (Å²) in [5.41, 5.74) is 6.38. The van der Waals surface area contributed by atoms with Crippen molar-refractivity contribution in [2.24, 2.45) is 5.92 Å². The number of rotatable bonds is 3. The number of ether oxygens (including phenoxy) is 2. The van der Waals surface area contributed by atoms with Gasteiger partial charge in [-0.2, -0.15) is 0 Å². The number of hydrogen-bond donors (Lipinski definition) is 1. The number of anilines is 1. The molecule has 0 bridgehead atoms. The highest BCUT2D eigenvalue weighted by Crippen LogP contribution is 2.16. The molecule has 1 fully saturated rings. The molecule has 0 radical (unpaired) electrons. The molecule has 1 aliphatic rings. The van der Waals surface area contributed by atoms with Crippen LogP contribution >= 0.6 is 0 Å². The highest BCUT2D eigenvalue weighted by Gasteiger charge is 2.17. The predicted octanol–water partition coefficient (Wildman–Crippen LogP) is 1.25. The minimum Gasteiger partial charge on any atom is -0.462 e. The number of pyridine rings is 1. The molecule has 0 aromatic carbocycles. The number of carbonyl (C=O) groups excluding carboxylic acids is 1. The van der Waals surface area contributed by atoms with Crippen molar-refractivity contribution in [2.75, 3.05) is 25.6 Å². The van der Waals surface area contributed by atoms with Crippen LogP contribution < -0.4 is 5.73 Å². The molecule has 1 aromatic rings. The van der Waals surface area contributed by atoms with Crippen molar-refractivity contribution in [2.45, 2.75) is 12.8 Å². The van der Waals surface area contributed by atoms with E-state index < -0.39 is 0 Å². The van der Waals surface area contributed by atoms with Crippen LogP contribution in [0.1, 0.15) is 23.2 Å². The molecule has 0 atom stereocenters. The lowest BCUT2D eigenvalue weighted by molar-refractivity contribution is 0.0186. The fourth-order valence-corrected chi connectivity index (χ4v) is 1.78. The molecule has 5 nitrogen and oxygen atoms in total. The van der Waals surface area contributed by atoms with Crippen LogP contribution in [0, 0.1) is 5.92 Å². The van der Waals surface area contributed by atoms with E-state index in [1.54, 1.807) is 6.07 Å². The molecule has 0 saturated carbocycles. The average Bonchev–Trinajstić information content (AvgIpc) is 2.38. The first kappa shape index (κ1) is 11.9. The van der Waals surface area contributed by atoms with Crippen LogP contribution in [0.5, 0.6) is 0 Å². The highest BCUT2D eigenvalue weighted by atomic mass is 16.5. The number of hydrogen-bond acceptors (Lipinski definition) is 5. The van der Waals surface area contributed by atoms with Crippen LogP contribution in [0.3, 0.4) is 0 Å². The largest absolute Gasteiger partial charge is 0.462 e. The first-order valence-electron chi connectivity index (χ1n) is 5.71. The van der Waals surface area contributed by atoms with Crippen molar-refractivity contribution in [3.05, 3.63) is 24.0 Å². The summed E-state index contributed by atoms with van der Waals surface area (Å²) >= 11 is 0. The van der Waals surface area contributed by atoms with Gasteiger partial charge in [0.05, 0.1) is 24.1 Å². The lowest BCUT2D eigenvalue weighted by Crippen LogP contribution is -2.22. The molecule has 0 spiro atoms. The Kier molecular flexibility index (Phi) is 3.93. The quantitative estimate of drug-likeness (QED) is 0.799. The molecule has 1 aromatic heterocycles. The summed E-state index contributed by atoms with van der Waals surface area (Å²) in [7, 11) is 0. The fraction of sp³-hybridized carbons (Fsp3) is 0.500. The van der Waals surface area contributed by atoms with Crippen molar-refractivity contribution >= 4 is 11.7 Å². The van der Waals surface area contributed by atoms with Gasteiger partial charge in [-0.25, -0.2) is 4.79 Å². The minimum absolute atomic E-state index is 0.351. The molecule has 1 aliphatic heterocycles. The van der Waals surface area contributed by atoms with Crippen molar-refractivity contribution < 1.29 is 14.3 Å². The van der Waals surface area contributed by atoms with E-state index in [0.717, 1.165) is 26.1 Å². The molecule has 5 heteroatoms. The zero-order valence-corrected chi connectivity index (χ0v) is 9.59. The Morgan fingerprint density at radius 3 is 3.00 bits per heavy atom. The standard InChI is InChI=1S/C12H16N2O3/c13-11-7-14-4-1-10(11)12(15)17-8-9-2-5-16-6-3-9/h1,4,7,9H,2-3,5-6,8,13H2. The van der Waals surface area contributed by atoms with Crippen molar-refractivity contribution in [1.29, 1.82) is 0 Å². The minimum atomic E-state index is -0.378. The predicted molar refractivity (Wildman–Crippen MR) is 62.5 cm³/mol. The second-order valence-electron chi connectivity index (χ2n) is 4.12. The van der Waals surface area contributed by atoms with Crippen LogP contribution in [0.25, 0.3) is 0 Å². The summed E-state index contributed by atoms with van der Waals surface area (Å²) in [6.07, 6.45) is 4.87. The van der Waals surface area contributed by atoms with Crippen LogP contribution in [0.15, 0.2) is 18.5 Å². The highest BCUT2D eigenvalue weighted by molar-refractivity contribution is 5.94. The van der Waals surface area contributed by atoms with Gasteiger partial charge in [0.2, 0.25) is 0 Å². The van der Waals surface area contributed by atoms with E-state index in [2.05, 4.69) is 4.98 Å². The van der Waals surface area contributed by atoms with Gasteiger partial charge >= 0.3 is 5.97 Å². The molecule has 2 heterocycles. The first-order valence-corrected chi connectivity index (χ1v) is 5.71. The van der Waals surface area contributed by atoms with E-state index in [1.165, 1.54) is 12.4 Å². The molecule has 2 rings (SSSR count). The lowest BCUT2D eigenvalue weighted by Gasteiger charge is -2.21. The van der Waals surface area contributed by atoms with E-state index in [4.69, 9.17) is 15.2 Å². The van der Waals surface area contributed by atoms with Gasteiger partial charge in [0.1, 0.15) is 0 Å². The maximum absolute atomic E-state index is 11.7. The van der Waals surface area contributed by atoms with Gasteiger partial charge in [-0.05, 0) is 24.8 Å². The Balaban J connectivity index is 1.87. The van der Waals surface area contributed by atoms with Crippen molar-refractivity contribution in [3.63, 3.8) is 0 Å². The summed E-state index contributed by atoms with van der Waals surface area (Å²) in [5, 5.41) is 0. The van der Waals surface area contributed by atoms with E-state index in [1.807, 2.05) is 0 Å². The summed E-state index contributed by atoms with van der Waals surface area (Å²) < 4.78 is 10.5. The maximum atomic E-state index is 11.7. The van der Waals surface area contributed by atoms with E-state index >= 15 is 0 Å². The average molecular weight is 236 g/mol. The Labute approximate surface area is 99.9 Å². The normalized spacial score (nSPS) is 16.7. The fourth-order valence-electron chi connectivity index (χ4n) is 1.78. The van der Waals surface area contributed by atoms with Gasteiger partial charge in [0, 0.05) is 19.4 Å². The number of carbonyl (C=O) groups is 1. The van der Waals surface area contributed by atoms with Crippen LogP contribution in [0.4, 0.5) is 5.69 Å². The van der Waals surface area contributed by atoms with E-state index in [0.29, 0.717) is 23.8 Å². The molecule has 0 amide bonds.